The fourth-order valence-electron chi connectivity index (χ4n) is 1.85. The highest BCUT2D eigenvalue weighted by Crippen LogP contribution is 2.03. The number of hydrogen-bond acceptors (Lipinski definition) is 5. The van der Waals surface area contributed by atoms with Crippen LogP contribution < -0.4 is 16.0 Å². The Bertz CT molecular complexity index is 283. The van der Waals surface area contributed by atoms with Gasteiger partial charge in [-0.2, -0.15) is 0 Å². The van der Waals surface area contributed by atoms with Crippen molar-refractivity contribution in [3.8, 4) is 0 Å². The third-order valence-electron chi connectivity index (χ3n) is 2.61. The lowest BCUT2D eigenvalue weighted by molar-refractivity contribution is -0.123. The fourth-order valence-corrected chi connectivity index (χ4v) is 1.85. The lowest BCUT2D eigenvalue weighted by Gasteiger charge is -2.32. The van der Waals surface area contributed by atoms with Gasteiger partial charge in [-0.05, 0) is 14.0 Å². The van der Waals surface area contributed by atoms with Crippen LogP contribution in [0.4, 0.5) is 4.79 Å². The molecule has 0 aromatic heterocycles. The number of likely N-dealkylation sites (N-methyl/N-ethyl adjacent to an activating group) is 1. The van der Waals surface area contributed by atoms with E-state index in [4.69, 9.17) is 4.74 Å². The van der Waals surface area contributed by atoms with Crippen molar-refractivity contribution < 1.29 is 14.3 Å². The molecule has 7 nitrogen and oxygen atoms in total. The molecular weight excluding hydrogens is 236 g/mol. The quantitative estimate of drug-likeness (QED) is 0.574. The minimum Gasteiger partial charge on any atom is -0.374 e. The maximum Gasteiger partial charge on any atom is 0.321 e. The van der Waals surface area contributed by atoms with Crippen molar-refractivity contribution in [2.24, 2.45) is 0 Å². The standard InChI is InChI=1S/C11H22N4O3/c1-3-13-11(17)14-10(16)8-15-4-5-18-9(7-15)6-12-2/h9,12H,3-8H2,1-2H3,(H2,13,14,16,17). The molecule has 1 atom stereocenters. The lowest BCUT2D eigenvalue weighted by Crippen LogP contribution is -2.51. The molecule has 1 saturated heterocycles. The largest absolute Gasteiger partial charge is 0.374 e. The summed E-state index contributed by atoms with van der Waals surface area (Å²) >= 11 is 0. The average molecular weight is 258 g/mol. The summed E-state index contributed by atoms with van der Waals surface area (Å²) in [4.78, 5) is 24.7. The number of nitrogens with zero attached hydrogens (tertiary/aromatic N) is 1. The Balaban J connectivity index is 2.28. The number of carbonyl (C=O) groups excluding carboxylic acids is 2. The molecule has 0 radical (unpaired) electrons. The molecule has 0 saturated carbocycles. The predicted molar refractivity (Wildman–Crippen MR) is 67.3 cm³/mol. The average Bonchev–Trinajstić information content (AvgIpc) is 2.29. The summed E-state index contributed by atoms with van der Waals surface area (Å²) in [6.45, 7) is 5.30. The monoisotopic (exact) mass is 258 g/mol. The minimum atomic E-state index is -0.442. The molecular formula is C11H22N4O3. The molecule has 0 aromatic rings. The summed E-state index contributed by atoms with van der Waals surface area (Å²) in [5.74, 6) is -0.286. The van der Waals surface area contributed by atoms with Crippen molar-refractivity contribution in [1.82, 2.24) is 20.9 Å². The van der Waals surface area contributed by atoms with E-state index >= 15 is 0 Å². The van der Waals surface area contributed by atoms with Gasteiger partial charge >= 0.3 is 6.03 Å². The van der Waals surface area contributed by atoms with Gasteiger partial charge in [-0.15, -0.1) is 0 Å². The summed E-state index contributed by atoms with van der Waals surface area (Å²) in [7, 11) is 1.87. The van der Waals surface area contributed by atoms with Crippen molar-refractivity contribution in [3.05, 3.63) is 0 Å². The molecule has 0 spiro atoms. The van der Waals surface area contributed by atoms with E-state index in [-0.39, 0.29) is 18.6 Å². The van der Waals surface area contributed by atoms with Gasteiger partial charge in [0.1, 0.15) is 0 Å². The summed E-state index contributed by atoms with van der Waals surface area (Å²) in [6.07, 6.45) is 0.0982. The van der Waals surface area contributed by atoms with E-state index < -0.39 is 6.03 Å². The van der Waals surface area contributed by atoms with E-state index in [9.17, 15) is 9.59 Å². The Morgan fingerprint density at radius 3 is 2.89 bits per heavy atom. The Labute approximate surface area is 107 Å². The first-order valence-corrected chi connectivity index (χ1v) is 6.22. The van der Waals surface area contributed by atoms with Crippen LogP contribution in [0.1, 0.15) is 6.92 Å². The molecule has 1 fully saturated rings. The first-order chi connectivity index (χ1) is 8.65. The molecule has 1 aliphatic rings. The second-order valence-electron chi connectivity index (χ2n) is 4.19. The van der Waals surface area contributed by atoms with Gasteiger partial charge in [0.2, 0.25) is 5.91 Å². The predicted octanol–water partition coefficient (Wildman–Crippen LogP) is -1.25. The van der Waals surface area contributed by atoms with Gasteiger partial charge in [0, 0.05) is 26.2 Å². The number of ether oxygens (including phenoxy) is 1. The number of imide groups is 1. The zero-order valence-electron chi connectivity index (χ0n) is 11.0. The van der Waals surface area contributed by atoms with Crippen LogP contribution in [0.2, 0.25) is 0 Å². The normalized spacial score (nSPS) is 20.4. The van der Waals surface area contributed by atoms with Gasteiger partial charge in [0.05, 0.1) is 19.3 Å². The van der Waals surface area contributed by atoms with Gasteiger partial charge in [-0.25, -0.2) is 4.79 Å². The van der Waals surface area contributed by atoms with Crippen LogP contribution in [0.3, 0.4) is 0 Å². The summed E-state index contributed by atoms with van der Waals surface area (Å²) < 4.78 is 5.53. The highest BCUT2D eigenvalue weighted by atomic mass is 16.5. The van der Waals surface area contributed by atoms with Crippen LogP contribution in [-0.2, 0) is 9.53 Å². The molecule has 3 amide bonds. The number of amides is 3. The van der Waals surface area contributed by atoms with E-state index in [0.717, 1.165) is 6.54 Å². The third kappa shape index (κ3) is 5.44. The lowest BCUT2D eigenvalue weighted by atomic mass is 10.2. The molecule has 3 N–H and O–H groups in total. The number of urea groups is 1. The number of morpholine rings is 1. The summed E-state index contributed by atoms with van der Waals surface area (Å²) in [6, 6.07) is -0.442. The Hall–Kier alpha value is -1.18. The molecule has 7 heteroatoms. The molecule has 1 rings (SSSR count). The molecule has 104 valence electrons. The topological polar surface area (TPSA) is 82.7 Å². The third-order valence-corrected chi connectivity index (χ3v) is 2.61. The Morgan fingerprint density at radius 2 is 2.22 bits per heavy atom. The van der Waals surface area contributed by atoms with Gasteiger partial charge < -0.3 is 15.4 Å². The summed E-state index contributed by atoms with van der Waals surface area (Å²) in [5, 5.41) is 7.85. The van der Waals surface area contributed by atoms with Crippen LogP contribution in [0.15, 0.2) is 0 Å². The van der Waals surface area contributed by atoms with Gasteiger partial charge in [-0.1, -0.05) is 0 Å². The molecule has 0 aliphatic carbocycles. The van der Waals surface area contributed by atoms with Crippen LogP contribution in [-0.4, -0.2) is 69.3 Å². The van der Waals surface area contributed by atoms with Crippen molar-refractivity contribution in [3.63, 3.8) is 0 Å². The first kappa shape index (κ1) is 14.9. The van der Waals surface area contributed by atoms with Gasteiger partial charge in [0.25, 0.3) is 0 Å². The number of nitrogens with one attached hydrogen (secondary N) is 3. The maximum atomic E-state index is 11.6. The SMILES string of the molecule is CCNC(=O)NC(=O)CN1CCOC(CNC)C1. The van der Waals surface area contributed by atoms with E-state index in [1.807, 2.05) is 11.9 Å². The van der Waals surface area contributed by atoms with Crippen LogP contribution >= 0.6 is 0 Å². The van der Waals surface area contributed by atoms with Gasteiger partial charge in [0.15, 0.2) is 0 Å². The van der Waals surface area contributed by atoms with Crippen LogP contribution in [0, 0.1) is 0 Å². The van der Waals surface area contributed by atoms with Gasteiger partial charge in [-0.3, -0.25) is 15.0 Å². The number of carbonyl (C=O) groups is 2. The smallest absolute Gasteiger partial charge is 0.321 e. The molecule has 0 bridgehead atoms. The second kappa shape index (κ2) is 8.02. The van der Waals surface area contributed by atoms with Crippen molar-refractivity contribution >= 4 is 11.9 Å². The molecule has 1 unspecified atom stereocenters. The highest BCUT2D eigenvalue weighted by Gasteiger charge is 2.21. The first-order valence-electron chi connectivity index (χ1n) is 6.22. The van der Waals surface area contributed by atoms with Crippen molar-refractivity contribution in [2.75, 3.05) is 46.4 Å². The molecule has 1 aliphatic heterocycles. The van der Waals surface area contributed by atoms with E-state index in [2.05, 4.69) is 16.0 Å². The van der Waals surface area contributed by atoms with E-state index in [1.54, 1.807) is 6.92 Å². The Morgan fingerprint density at radius 1 is 1.44 bits per heavy atom. The van der Waals surface area contributed by atoms with Crippen LogP contribution in [0.5, 0.6) is 0 Å². The number of rotatable bonds is 5. The zero-order valence-corrected chi connectivity index (χ0v) is 11.0. The highest BCUT2D eigenvalue weighted by molar-refractivity contribution is 5.95. The van der Waals surface area contributed by atoms with E-state index in [1.165, 1.54) is 0 Å². The maximum absolute atomic E-state index is 11.6. The van der Waals surface area contributed by atoms with Crippen molar-refractivity contribution in [1.29, 1.82) is 0 Å². The van der Waals surface area contributed by atoms with E-state index in [0.29, 0.717) is 26.2 Å². The minimum absolute atomic E-state index is 0.0982. The molecule has 1 heterocycles. The fraction of sp³-hybridized carbons (Fsp3) is 0.818. The number of hydrogen-bond donors (Lipinski definition) is 3. The van der Waals surface area contributed by atoms with Crippen molar-refractivity contribution in [2.45, 2.75) is 13.0 Å². The summed E-state index contributed by atoms with van der Waals surface area (Å²) in [5.41, 5.74) is 0. The second-order valence-corrected chi connectivity index (χ2v) is 4.19. The molecule has 18 heavy (non-hydrogen) atoms. The Kier molecular flexibility index (Phi) is 6.63. The molecule has 0 aromatic carbocycles. The zero-order chi connectivity index (χ0) is 13.4. The van der Waals surface area contributed by atoms with Crippen LogP contribution in [0.25, 0.3) is 0 Å².